The Hall–Kier alpha value is -3.21. The van der Waals surface area contributed by atoms with E-state index in [0.29, 0.717) is 5.69 Å². The Balaban J connectivity index is 1.34. The molecule has 168 valence electrons. The molecule has 0 aliphatic carbocycles. The van der Waals surface area contributed by atoms with Crippen molar-refractivity contribution in [1.82, 2.24) is 9.47 Å². The van der Waals surface area contributed by atoms with Crippen molar-refractivity contribution < 1.29 is 9.50 Å². The van der Waals surface area contributed by atoms with Gasteiger partial charge in [0.25, 0.3) is 0 Å². The molecule has 4 heteroatoms. The van der Waals surface area contributed by atoms with Gasteiger partial charge in [-0.3, -0.25) is 4.90 Å². The molecule has 0 spiro atoms. The van der Waals surface area contributed by atoms with Crippen LogP contribution in [0.5, 0.6) is 0 Å². The van der Waals surface area contributed by atoms with Crippen LogP contribution in [0.25, 0.3) is 5.69 Å². The SMILES string of the molecule is OC(c1ccccc1)(c1ccccc1)C1CCN(Cc2cccn2-c2ccccc2F)CC1. The van der Waals surface area contributed by atoms with E-state index in [2.05, 4.69) is 11.0 Å². The first-order valence-electron chi connectivity index (χ1n) is 11.6. The maximum Gasteiger partial charge on any atom is 0.147 e. The second-order valence-electron chi connectivity index (χ2n) is 8.87. The van der Waals surface area contributed by atoms with Crippen LogP contribution in [0, 0.1) is 11.7 Å². The number of piperidine rings is 1. The van der Waals surface area contributed by atoms with Crippen LogP contribution in [0.15, 0.2) is 103 Å². The Kier molecular flexibility index (Phi) is 6.12. The van der Waals surface area contributed by atoms with Gasteiger partial charge in [0.05, 0.1) is 5.69 Å². The molecule has 1 aliphatic heterocycles. The minimum Gasteiger partial charge on any atom is -0.380 e. The Morgan fingerprint density at radius 1 is 0.758 bits per heavy atom. The highest BCUT2D eigenvalue weighted by Crippen LogP contribution is 2.42. The highest BCUT2D eigenvalue weighted by Gasteiger charge is 2.41. The monoisotopic (exact) mass is 440 g/mol. The molecule has 0 radical (unpaired) electrons. The summed E-state index contributed by atoms with van der Waals surface area (Å²) in [5.41, 5.74) is 2.53. The molecular formula is C29H29FN2O. The normalized spacial score (nSPS) is 15.6. The van der Waals surface area contributed by atoms with E-state index in [1.165, 1.54) is 6.07 Å². The number of aliphatic hydroxyl groups is 1. The van der Waals surface area contributed by atoms with Crippen LogP contribution in [-0.2, 0) is 12.1 Å². The summed E-state index contributed by atoms with van der Waals surface area (Å²) in [5, 5.41) is 12.1. The van der Waals surface area contributed by atoms with Crippen molar-refractivity contribution >= 4 is 0 Å². The second kappa shape index (κ2) is 9.34. The summed E-state index contributed by atoms with van der Waals surface area (Å²) in [6, 6.07) is 31.0. The molecule has 1 N–H and O–H groups in total. The molecule has 1 aromatic heterocycles. The van der Waals surface area contributed by atoms with Crippen LogP contribution in [-0.4, -0.2) is 27.7 Å². The van der Waals surface area contributed by atoms with Gasteiger partial charge in [-0.05, 0) is 67.2 Å². The van der Waals surface area contributed by atoms with Gasteiger partial charge in [0, 0.05) is 18.4 Å². The first-order valence-corrected chi connectivity index (χ1v) is 11.6. The molecule has 0 saturated carbocycles. The minimum atomic E-state index is -1.01. The molecule has 3 aromatic carbocycles. The van der Waals surface area contributed by atoms with Gasteiger partial charge in [-0.2, -0.15) is 0 Å². The molecule has 0 amide bonds. The van der Waals surface area contributed by atoms with E-state index in [1.54, 1.807) is 6.07 Å². The summed E-state index contributed by atoms with van der Waals surface area (Å²) < 4.78 is 16.3. The van der Waals surface area contributed by atoms with Crippen LogP contribution >= 0.6 is 0 Å². The highest BCUT2D eigenvalue weighted by molar-refractivity contribution is 5.38. The zero-order chi connectivity index (χ0) is 22.7. The molecule has 1 aliphatic rings. The molecule has 0 unspecified atom stereocenters. The van der Waals surface area contributed by atoms with Crippen LogP contribution in [0.3, 0.4) is 0 Å². The van der Waals surface area contributed by atoms with Crippen molar-refractivity contribution in [3.05, 3.63) is 126 Å². The minimum absolute atomic E-state index is 0.122. The summed E-state index contributed by atoms with van der Waals surface area (Å²) in [6.07, 6.45) is 3.70. The third-order valence-electron chi connectivity index (χ3n) is 6.94. The van der Waals surface area contributed by atoms with Crippen molar-refractivity contribution in [3.63, 3.8) is 0 Å². The fourth-order valence-electron chi connectivity index (χ4n) is 5.19. The molecule has 3 nitrogen and oxygen atoms in total. The van der Waals surface area contributed by atoms with Crippen molar-refractivity contribution in [3.8, 4) is 5.69 Å². The number of hydrogen-bond donors (Lipinski definition) is 1. The Morgan fingerprint density at radius 3 is 1.94 bits per heavy atom. The fraction of sp³-hybridized carbons (Fsp3) is 0.241. The number of benzene rings is 3. The summed E-state index contributed by atoms with van der Waals surface area (Å²) in [4.78, 5) is 2.40. The number of para-hydroxylation sites is 1. The topological polar surface area (TPSA) is 28.4 Å². The average Bonchev–Trinajstić information content (AvgIpc) is 3.33. The van der Waals surface area contributed by atoms with Gasteiger partial charge in [0.15, 0.2) is 0 Å². The largest absolute Gasteiger partial charge is 0.380 e. The van der Waals surface area contributed by atoms with E-state index >= 15 is 0 Å². The van der Waals surface area contributed by atoms with E-state index < -0.39 is 5.60 Å². The number of halogens is 1. The number of rotatable bonds is 6. The van der Waals surface area contributed by atoms with Crippen LogP contribution in [0.2, 0.25) is 0 Å². The average molecular weight is 441 g/mol. The van der Waals surface area contributed by atoms with Gasteiger partial charge in [-0.25, -0.2) is 4.39 Å². The summed E-state index contributed by atoms with van der Waals surface area (Å²) >= 11 is 0. The van der Waals surface area contributed by atoms with Crippen molar-refractivity contribution in [2.24, 2.45) is 5.92 Å². The third kappa shape index (κ3) is 4.24. The molecule has 1 fully saturated rings. The van der Waals surface area contributed by atoms with Gasteiger partial charge in [-0.1, -0.05) is 72.8 Å². The maximum atomic E-state index is 14.4. The predicted octanol–water partition coefficient (Wildman–Crippen LogP) is 5.76. The summed E-state index contributed by atoms with van der Waals surface area (Å²) in [7, 11) is 0. The quantitative estimate of drug-likeness (QED) is 0.413. The van der Waals surface area contributed by atoms with Gasteiger partial charge in [0.2, 0.25) is 0 Å². The molecule has 1 saturated heterocycles. The zero-order valence-electron chi connectivity index (χ0n) is 18.6. The fourth-order valence-corrected chi connectivity index (χ4v) is 5.19. The summed E-state index contributed by atoms with van der Waals surface area (Å²) in [6.45, 7) is 2.52. The van der Waals surface area contributed by atoms with Gasteiger partial charge in [0.1, 0.15) is 11.4 Å². The van der Waals surface area contributed by atoms with E-state index in [0.717, 1.165) is 49.3 Å². The Morgan fingerprint density at radius 2 is 1.33 bits per heavy atom. The van der Waals surface area contributed by atoms with E-state index in [1.807, 2.05) is 89.6 Å². The van der Waals surface area contributed by atoms with Crippen LogP contribution < -0.4 is 0 Å². The third-order valence-corrected chi connectivity index (χ3v) is 6.94. The lowest BCUT2D eigenvalue weighted by molar-refractivity contribution is -0.0154. The lowest BCUT2D eigenvalue weighted by Gasteiger charge is -2.42. The number of nitrogens with zero attached hydrogens (tertiary/aromatic N) is 2. The molecule has 0 bridgehead atoms. The molecule has 4 aromatic rings. The Labute approximate surface area is 194 Å². The van der Waals surface area contributed by atoms with E-state index in [9.17, 15) is 9.50 Å². The molecule has 33 heavy (non-hydrogen) atoms. The first-order chi connectivity index (χ1) is 16.2. The Bertz CT molecular complexity index is 1140. The standard InChI is InChI=1S/C29H29FN2O/c30-27-15-7-8-16-28(27)32-19-9-14-26(32)22-31-20-17-25(18-21-31)29(33,23-10-3-1-4-11-23)24-12-5-2-6-13-24/h1-16,19,25,33H,17-18,20-22H2. The maximum absolute atomic E-state index is 14.4. The zero-order valence-corrected chi connectivity index (χ0v) is 18.6. The van der Waals surface area contributed by atoms with E-state index in [-0.39, 0.29) is 11.7 Å². The highest BCUT2D eigenvalue weighted by atomic mass is 19.1. The van der Waals surface area contributed by atoms with Crippen molar-refractivity contribution in [2.45, 2.75) is 25.0 Å². The molecule has 2 heterocycles. The summed E-state index contributed by atoms with van der Waals surface area (Å²) in [5.74, 6) is -0.0960. The molecule has 0 atom stereocenters. The predicted molar refractivity (Wildman–Crippen MR) is 130 cm³/mol. The second-order valence-corrected chi connectivity index (χ2v) is 8.87. The van der Waals surface area contributed by atoms with Gasteiger partial charge in [-0.15, -0.1) is 0 Å². The molecular weight excluding hydrogens is 411 g/mol. The molecule has 5 rings (SSSR count). The van der Waals surface area contributed by atoms with Crippen molar-refractivity contribution in [2.75, 3.05) is 13.1 Å². The van der Waals surface area contributed by atoms with Gasteiger partial charge < -0.3 is 9.67 Å². The van der Waals surface area contributed by atoms with Crippen LogP contribution in [0.1, 0.15) is 29.7 Å². The lowest BCUT2D eigenvalue weighted by atomic mass is 9.72. The first kappa shape index (κ1) is 21.6. The van der Waals surface area contributed by atoms with Crippen LogP contribution in [0.4, 0.5) is 4.39 Å². The number of hydrogen-bond acceptors (Lipinski definition) is 2. The van der Waals surface area contributed by atoms with Gasteiger partial charge >= 0.3 is 0 Å². The van der Waals surface area contributed by atoms with E-state index in [4.69, 9.17) is 0 Å². The smallest absolute Gasteiger partial charge is 0.147 e. The van der Waals surface area contributed by atoms with Crippen molar-refractivity contribution in [1.29, 1.82) is 0 Å². The lowest BCUT2D eigenvalue weighted by Crippen LogP contribution is -2.44. The number of likely N-dealkylation sites (tertiary alicyclic amines) is 1. The number of aromatic nitrogens is 1.